The number of carbonyl (C=O) groups excluding carboxylic acids is 2. The molecule has 2 N–H and O–H groups in total. The van der Waals surface area contributed by atoms with Crippen LogP contribution in [0.2, 0.25) is 0 Å². The molecule has 2 fully saturated rings. The van der Waals surface area contributed by atoms with Gasteiger partial charge in [0, 0.05) is 57.4 Å². The van der Waals surface area contributed by atoms with Gasteiger partial charge in [-0.15, -0.1) is 0 Å². The summed E-state index contributed by atoms with van der Waals surface area (Å²) in [5.41, 5.74) is 4.18. The maximum absolute atomic E-state index is 11.9. The maximum atomic E-state index is 11.9. The molecule has 31 heavy (non-hydrogen) atoms. The average Bonchev–Trinajstić information content (AvgIpc) is 3.42. The van der Waals surface area contributed by atoms with Crippen molar-refractivity contribution in [3.63, 3.8) is 0 Å². The fourth-order valence-corrected chi connectivity index (χ4v) is 4.02. The van der Waals surface area contributed by atoms with Gasteiger partial charge < -0.3 is 20.4 Å². The number of nitrogens with one attached hydrogen (secondary N) is 2. The monoisotopic (exact) mass is 419 g/mol. The zero-order valence-electron chi connectivity index (χ0n) is 17.9. The highest BCUT2D eigenvalue weighted by Gasteiger charge is 2.22. The summed E-state index contributed by atoms with van der Waals surface area (Å²) in [5.74, 6) is 1.13. The third-order valence-electron chi connectivity index (χ3n) is 5.79. The summed E-state index contributed by atoms with van der Waals surface area (Å²) in [6.45, 7) is 2.90. The van der Waals surface area contributed by atoms with Gasteiger partial charge in [-0.1, -0.05) is 24.3 Å². The molecule has 2 amide bonds. The molecule has 0 aliphatic carbocycles. The fourth-order valence-electron chi connectivity index (χ4n) is 4.02. The quantitative estimate of drug-likeness (QED) is 0.558. The number of hydrogen-bond donors (Lipinski definition) is 2. The molecule has 2 aliphatic rings. The first-order valence-electron chi connectivity index (χ1n) is 10.9. The highest BCUT2D eigenvalue weighted by molar-refractivity contribution is 5.95. The molecule has 0 bridgehead atoms. The minimum Gasteiger partial charge on any atom is -0.352 e. The SMILES string of the molecule is CN=C(NCc1ccc(N2CCCC2=O)cc1)NCc1ccc(N2CCCC2=O)cc1. The van der Waals surface area contributed by atoms with Crippen LogP contribution in [0.3, 0.4) is 0 Å². The number of carbonyl (C=O) groups is 2. The first-order valence-corrected chi connectivity index (χ1v) is 10.9. The van der Waals surface area contributed by atoms with E-state index in [1.807, 2.05) is 58.3 Å². The van der Waals surface area contributed by atoms with E-state index in [4.69, 9.17) is 0 Å². The van der Waals surface area contributed by atoms with Crippen molar-refractivity contribution in [2.24, 2.45) is 4.99 Å². The molecule has 0 aromatic heterocycles. The van der Waals surface area contributed by atoms with Gasteiger partial charge in [0.15, 0.2) is 5.96 Å². The Bertz CT molecular complexity index is 877. The van der Waals surface area contributed by atoms with E-state index < -0.39 is 0 Å². The number of guanidine groups is 1. The first kappa shape index (κ1) is 20.9. The summed E-state index contributed by atoms with van der Waals surface area (Å²) in [6.07, 6.45) is 3.15. The van der Waals surface area contributed by atoms with Crippen LogP contribution in [0.4, 0.5) is 11.4 Å². The van der Waals surface area contributed by atoms with Gasteiger partial charge in [0.1, 0.15) is 0 Å². The Balaban J connectivity index is 1.26. The second-order valence-electron chi connectivity index (χ2n) is 7.91. The molecule has 162 valence electrons. The zero-order chi connectivity index (χ0) is 21.6. The lowest BCUT2D eigenvalue weighted by molar-refractivity contribution is -0.117. The van der Waals surface area contributed by atoms with E-state index in [2.05, 4.69) is 15.6 Å². The van der Waals surface area contributed by atoms with Crippen molar-refractivity contribution in [2.75, 3.05) is 29.9 Å². The van der Waals surface area contributed by atoms with Crippen LogP contribution in [-0.4, -0.2) is 37.9 Å². The van der Waals surface area contributed by atoms with Crippen LogP contribution in [-0.2, 0) is 22.7 Å². The van der Waals surface area contributed by atoms with Gasteiger partial charge in [-0.25, -0.2) is 0 Å². The molecule has 2 aliphatic heterocycles. The van der Waals surface area contributed by atoms with Crippen LogP contribution in [0.1, 0.15) is 36.8 Å². The Morgan fingerprint density at radius 3 is 1.52 bits per heavy atom. The standard InChI is InChI=1S/C24H29N5O2/c1-25-24(26-16-18-6-10-20(11-7-18)28-14-2-4-22(28)30)27-17-19-8-12-21(13-9-19)29-15-3-5-23(29)31/h6-13H,2-5,14-17H2,1H3,(H2,25,26,27). The van der Waals surface area contributed by atoms with E-state index in [-0.39, 0.29) is 11.8 Å². The minimum atomic E-state index is 0.204. The van der Waals surface area contributed by atoms with Crippen LogP contribution in [0.15, 0.2) is 53.5 Å². The molecule has 2 saturated heterocycles. The number of benzene rings is 2. The highest BCUT2D eigenvalue weighted by atomic mass is 16.2. The van der Waals surface area contributed by atoms with Crippen LogP contribution < -0.4 is 20.4 Å². The van der Waals surface area contributed by atoms with Crippen molar-refractivity contribution < 1.29 is 9.59 Å². The third kappa shape index (κ3) is 5.05. The number of nitrogens with zero attached hydrogens (tertiary/aromatic N) is 3. The molecule has 0 saturated carbocycles. The van der Waals surface area contributed by atoms with Gasteiger partial charge in [-0.2, -0.15) is 0 Å². The molecule has 0 unspecified atom stereocenters. The molecule has 0 spiro atoms. The molecule has 4 rings (SSSR count). The van der Waals surface area contributed by atoms with Gasteiger partial charge in [0.25, 0.3) is 0 Å². The van der Waals surface area contributed by atoms with Crippen molar-refractivity contribution >= 4 is 29.1 Å². The largest absolute Gasteiger partial charge is 0.352 e. The normalized spacial score (nSPS) is 16.0. The first-order chi connectivity index (χ1) is 15.1. The van der Waals surface area contributed by atoms with Crippen molar-refractivity contribution in [2.45, 2.75) is 38.8 Å². The minimum absolute atomic E-state index is 0.204. The van der Waals surface area contributed by atoms with Crippen LogP contribution >= 0.6 is 0 Å². The van der Waals surface area contributed by atoms with E-state index in [0.29, 0.717) is 25.9 Å². The van der Waals surface area contributed by atoms with Gasteiger partial charge in [0.2, 0.25) is 11.8 Å². The van der Waals surface area contributed by atoms with E-state index >= 15 is 0 Å². The number of anilines is 2. The van der Waals surface area contributed by atoms with E-state index in [9.17, 15) is 9.59 Å². The molecule has 0 atom stereocenters. The Kier molecular flexibility index (Phi) is 6.50. The van der Waals surface area contributed by atoms with Crippen LogP contribution in [0.25, 0.3) is 0 Å². The summed E-state index contributed by atoms with van der Waals surface area (Å²) in [6, 6.07) is 16.2. The molecular weight excluding hydrogens is 390 g/mol. The van der Waals surface area contributed by atoms with E-state index in [0.717, 1.165) is 54.4 Å². The molecule has 2 aromatic carbocycles. The predicted molar refractivity (Wildman–Crippen MR) is 123 cm³/mol. The Hall–Kier alpha value is -3.35. The van der Waals surface area contributed by atoms with Crippen molar-refractivity contribution in [3.05, 3.63) is 59.7 Å². The highest BCUT2D eigenvalue weighted by Crippen LogP contribution is 2.22. The molecule has 2 heterocycles. The van der Waals surface area contributed by atoms with Gasteiger partial charge in [-0.3, -0.25) is 14.6 Å². The summed E-state index contributed by atoms with van der Waals surface area (Å²) < 4.78 is 0. The van der Waals surface area contributed by atoms with E-state index in [1.165, 1.54) is 0 Å². The Morgan fingerprint density at radius 1 is 0.774 bits per heavy atom. The summed E-state index contributed by atoms with van der Waals surface area (Å²) in [5, 5.41) is 6.64. The maximum Gasteiger partial charge on any atom is 0.227 e. The Labute approximate surface area is 183 Å². The molecule has 7 heteroatoms. The topological polar surface area (TPSA) is 77.0 Å². The zero-order valence-corrected chi connectivity index (χ0v) is 17.9. The molecule has 7 nitrogen and oxygen atoms in total. The lowest BCUT2D eigenvalue weighted by Crippen LogP contribution is -2.36. The number of rotatable bonds is 6. The van der Waals surface area contributed by atoms with Crippen molar-refractivity contribution in [1.29, 1.82) is 0 Å². The van der Waals surface area contributed by atoms with E-state index in [1.54, 1.807) is 7.05 Å². The van der Waals surface area contributed by atoms with Gasteiger partial charge >= 0.3 is 0 Å². The fraction of sp³-hybridized carbons (Fsp3) is 0.375. The third-order valence-corrected chi connectivity index (χ3v) is 5.79. The molecular formula is C24H29N5O2. The summed E-state index contributed by atoms with van der Waals surface area (Å²) in [4.78, 5) is 31.7. The molecule has 2 aromatic rings. The average molecular weight is 420 g/mol. The van der Waals surface area contributed by atoms with Gasteiger partial charge in [-0.05, 0) is 48.2 Å². The Morgan fingerprint density at radius 2 is 1.19 bits per heavy atom. The molecule has 0 radical (unpaired) electrons. The van der Waals surface area contributed by atoms with Crippen molar-refractivity contribution in [1.82, 2.24) is 10.6 Å². The predicted octanol–water partition coefficient (Wildman–Crippen LogP) is 2.81. The number of hydrogen-bond acceptors (Lipinski definition) is 3. The summed E-state index contributed by atoms with van der Waals surface area (Å²) >= 11 is 0. The lowest BCUT2D eigenvalue weighted by atomic mass is 10.2. The second kappa shape index (κ2) is 9.64. The smallest absolute Gasteiger partial charge is 0.227 e. The second-order valence-corrected chi connectivity index (χ2v) is 7.91. The van der Waals surface area contributed by atoms with Crippen LogP contribution in [0, 0.1) is 0 Å². The van der Waals surface area contributed by atoms with Crippen LogP contribution in [0.5, 0.6) is 0 Å². The lowest BCUT2D eigenvalue weighted by Gasteiger charge is -2.17. The number of aliphatic imine (C=N–C) groups is 1. The van der Waals surface area contributed by atoms with Crippen molar-refractivity contribution in [3.8, 4) is 0 Å². The van der Waals surface area contributed by atoms with Gasteiger partial charge in [0.05, 0.1) is 0 Å². The summed E-state index contributed by atoms with van der Waals surface area (Å²) in [7, 11) is 1.75. The number of amides is 2.